The number of carboxylic acid groups (broad SMARTS) is 2. The van der Waals surface area contributed by atoms with Crippen molar-refractivity contribution in [3.8, 4) is 0 Å². The second-order valence-corrected chi connectivity index (χ2v) is 9.02. The molecule has 196 valence electrons. The van der Waals surface area contributed by atoms with Crippen molar-refractivity contribution < 1.29 is 29.3 Å². The minimum atomic E-state index is -1.10. The Morgan fingerprint density at radius 3 is 1.24 bits per heavy atom. The molecular weight excluding hydrogens is 420 g/mol. The third-order valence-electron chi connectivity index (χ3n) is 5.63. The lowest BCUT2D eigenvalue weighted by atomic mass is 10.1. The van der Waals surface area contributed by atoms with Crippen LogP contribution in [-0.4, -0.2) is 34.2 Å². The molecule has 2 N–H and O–H groups in total. The quantitative estimate of drug-likeness (QED) is 0.123. The van der Waals surface area contributed by atoms with Gasteiger partial charge in [0.2, 0.25) is 0 Å². The predicted molar refractivity (Wildman–Crippen MR) is 135 cm³/mol. The first kappa shape index (κ1) is 33.6. The highest BCUT2D eigenvalue weighted by molar-refractivity contribution is 5.77. The van der Waals surface area contributed by atoms with Crippen LogP contribution in [0.5, 0.6) is 0 Å². The number of esters is 1. The van der Waals surface area contributed by atoms with Gasteiger partial charge in [0.05, 0.1) is 0 Å². The molecule has 1 unspecified atom stereocenters. The summed E-state index contributed by atoms with van der Waals surface area (Å²) in [5.74, 6) is -2.16. The fourth-order valence-corrected chi connectivity index (χ4v) is 3.47. The molecule has 0 spiro atoms. The van der Waals surface area contributed by atoms with Crippen LogP contribution in [0, 0.1) is 0 Å². The normalized spacial score (nSPS) is 11.4. The summed E-state index contributed by atoms with van der Waals surface area (Å²) in [4.78, 5) is 32.0. The number of unbranched alkanes of at least 4 members (excludes halogenated alkanes) is 16. The lowest BCUT2D eigenvalue weighted by Crippen LogP contribution is -2.23. The molecule has 0 fully saturated rings. The molecule has 0 aromatic rings. The highest BCUT2D eigenvalue weighted by Crippen LogP contribution is 2.11. The van der Waals surface area contributed by atoms with Gasteiger partial charge in [-0.2, -0.15) is 0 Å². The number of rotatable bonds is 22. The minimum Gasteiger partial charge on any atom is -0.481 e. The van der Waals surface area contributed by atoms with E-state index in [0.717, 1.165) is 32.1 Å². The minimum absolute atomic E-state index is 0.327. The summed E-state index contributed by atoms with van der Waals surface area (Å²) in [7, 11) is 0. The molecule has 0 aromatic carbocycles. The van der Waals surface area contributed by atoms with Crippen LogP contribution in [0.4, 0.5) is 0 Å². The fourth-order valence-electron chi connectivity index (χ4n) is 3.47. The van der Waals surface area contributed by atoms with Gasteiger partial charge in [-0.1, -0.05) is 117 Å². The van der Waals surface area contributed by atoms with Gasteiger partial charge in [0.25, 0.3) is 0 Å². The molecule has 0 aromatic heterocycles. The van der Waals surface area contributed by atoms with Gasteiger partial charge < -0.3 is 14.9 Å². The van der Waals surface area contributed by atoms with Crippen LogP contribution in [0.2, 0.25) is 0 Å². The Morgan fingerprint density at radius 1 is 0.576 bits per heavy atom. The van der Waals surface area contributed by atoms with Crippen molar-refractivity contribution in [3.05, 3.63) is 0 Å². The molecule has 6 nitrogen and oxygen atoms in total. The van der Waals surface area contributed by atoms with Crippen LogP contribution in [0.3, 0.4) is 0 Å². The van der Waals surface area contributed by atoms with Crippen molar-refractivity contribution >= 4 is 17.9 Å². The molecule has 33 heavy (non-hydrogen) atoms. The van der Waals surface area contributed by atoms with E-state index < -0.39 is 24.0 Å². The summed E-state index contributed by atoms with van der Waals surface area (Å²) in [5, 5.41) is 17.0. The van der Waals surface area contributed by atoms with E-state index in [9.17, 15) is 14.4 Å². The number of hydrogen-bond donors (Lipinski definition) is 2. The van der Waals surface area contributed by atoms with E-state index in [1.165, 1.54) is 90.4 Å². The molecular formula is C27H52O6. The molecule has 1 atom stereocenters. The van der Waals surface area contributed by atoms with Crippen LogP contribution in [0.25, 0.3) is 0 Å². The van der Waals surface area contributed by atoms with E-state index in [1.54, 1.807) is 0 Å². The Balaban J connectivity index is 0. The SMILES string of the molecule is CCCCCCCCCCCC(=O)O.CCCCCCCCCCCC(=O)OC(C)C(=O)O. The zero-order chi connectivity index (χ0) is 25.2. The second-order valence-electron chi connectivity index (χ2n) is 9.02. The largest absolute Gasteiger partial charge is 0.481 e. The Morgan fingerprint density at radius 2 is 0.909 bits per heavy atom. The number of aliphatic carboxylic acids is 2. The van der Waals surface area contributed by atoms with E-state index in [0.29, 0.717) is 12.8 Å². The molecule has 0 aliphatic carbocycles. The van der Waals surface area contributed by atoms with Crippen LogP contribution < -0.4 is 0 Å². The molecule has 0 amide bonds. The fraction of sp³-hybridized carbons (Fsp3) is 0.889. The molecule has 0 saturated carbocycles. The van der Waals surface area contributed by atoms with Crippen molar-refractivity contribution in [1.29, 1.82) is 0 Å². The lowest BCUT2D eigenvalue weighted by Gasteiger charge is -2.08. The average molecular weight is 473 g/mol. The number of hydrogen-bond acceptors (Lipinski definition) is 4. The van der Waals surface area contributed by atoms with E-state index in [-0.39, 0.29) is 0 Å². The van der Waals surface area contributed by atoms with Crippen LogP contribution in [0.1, 0.15) is 149 Å². The zero-order valence-electron chi connectivity index (χ0n) is 21.7. The monoisotopic (exact) mass is 472 g/mol. The second kappa shape index (κ2) is 26.7. The third-order valence-corrected chi connectivity index (χ3v) is 5.63. The first-order valence-electron chi connectivity index (χ1n) is 13.5. The number of carbonyl (C=O) groups is 3. The maximum absolute atomic E-state index is 11.3. The Hall–Kier alpha value is -1.59. The molecule has 0 radical (unpaired) electrons. The molecule has 0 aliphatic heterocycles. The highest BCUT2D eigenvalue weighted by Gasteiger charge is 2.15. The zero-order valence-corrected chi connectivity index (χ0v) is 21.7. The van der Waals surface area contributed by atoms with Gasteiger partial charge in [-0.3, -0.25) is 9.59 Å². The van der Waals surface area contributed by atoms with Crippen molar-refractivity contribution in [2.45, 2.75) is 155 Å². The molecule has 6 heteroatoms. The lowest BCUT2D eigenvalue weighted by molar-refractivity contribution is -0.162. The van der Waals surface area contributed by atoms with Gasteiger partial charge in [-0.05, 0) is 19.8 Å². The summed E-state index contributed by atoms with van der Waals surface area (Å²) in [5.41, 5.74) is 0. The van der Waals surface area contributed by atoms with E-state index in [4.69, 9.17) is 14.9 Å². The molecule has 0 rings (SSSR count). The van der Waals surface area contributed by atoms with Crippen LogP contribution >= 0.6 is 0 Å². The van der Waals surface area contributed by atoms with Crippen LogP contribution in [0.15, 0.2) is 0 Å². The molecule has 0 saturated heterocycles. The van der Waals surface area contributed by atoms with Crippen LogP contribution in [-0.2, 0) is 19.1 Å². The van der Waals surface area contributed by atoms with E-state index >= 15 is 0 Å². The smallest absolute Gasteiger partial charge is 0.344 e. The Kier molecular flexibility index (Phi) is 27.1. The van der Waals surface area contributed by atoms with Crippen molar-refractivity contribution in [1.82, 2.24) is 0 Å². The van der Waals surface area contributed by atoms with E-state index in [1.807, 2.05) is 0 Å². The van der Waals surface area contributed by atoms with Gasteiger partial charge in [-0.25, -0.2) is 4.79 Å². The van der Waals surface area contributed by atoms with Gasteiger partial charge in [0, 0.05) is 12.8 Å². The first-order valence-corrected chi connectivity index (χ1v) is 13.5. The van der Waals surface area contributed by atoms with Crippen molar-refractivity contribution in [3.63, 3.8) is 0 Å². The summed E-state index contributed by atoms with van der Waals surface area (Å²) >= 11 is 0. The predicted octanol–water partition coefficient (Wildman–Crippen LogP) is 7.92. The first-order chi connectivity index (χ1) is 15.8. The summed E-state index contributed by atoms with van der Waals surface area (Å²) in [6.45, 7) is 5.81. The number of carbonyl (C=O) groups excluding carboxylic acids is 1. The molecule has 0 heterocycles. The maximum Gasteiger partial charge on any atom is 0.344 e. The molecule has 0 bridgehead atoms. The van der Waals surface area contributed by atoms with Gasteiger partial charge >= 0.3 is 17.9 Å². The third kappa shape index (κ3) is 30.4. The average Bonchev–Trinajstić information content (AvgIpc) is 2.77. The molecule has 0 aliphatic rings. The van der Waals surface area contributed by atoms with Gasteiger partial charge in [-0.15, -0.1) is 0 Å². The van der Waals surface area contributed by atoms with Gasteiger partial charge in [0.1, 0.15) is 0 Å². The van der Waals surface area contributed by atoms with Crippen molar-refractivity contribution in [2.75, 3.05) is 0 Å². The summed E-state index contributed by atoms with van der Waals surface area (Å²) in [6, 6.07) is 0. The van der Waals surface area contributed by atoms with Crippen molar-refractivity contribution in [2.24, 2.45) is 0 Å². The maximum atomic E-state index is 11.3. The Labute approximate surface area is 202 Å². The van der Waals surface area contributed by atoms with E-state index in [2.05, 4.69) is 13.8 Å². The summed E-state index contributed by atoms with van der Waals surface area (Å²) in [6.07, 6.45) is 21.5. The van der Waals surface area contributed by atoms with Gasteiger partial charge in [0.15, 0.2) is 6.10 Å². The number of carboxylic acids is 2. The standard InChI is InChI=1S/C15H28O4.C12H24O2/c1-3-4-5-6-7-8-9-10-11-12-14(16)19-13(2)15(17)18;1-2-3-4-5-6-7-8-9-10-11-12(13)14/h13H,3-12H2,1-2H3,(H,17,18);2-11H2,1H3,(H,13,14). The summed E-state index contributed by atoms with van der Waals surface area (Å²) < 4.78 is 4.75. The highest BCUT2D eigenvalue weighted by atomic mass is 16.6. The topological polar surface area (TPSA) is 101 Å². The number of ether oxygens (including phenoxy) is 1. The Bertz CT molecular complexity index is 464.